The van der Waals surface area contributed by atoms with Gasteiger partial charge < -0.3 is 15.2 Å². The number of hydrogen-bond acceptors (Lipinski definition) is 3. The van der Waals surface area contributed by atoms with Crippen LogP contribution in [0.15, 0.2) is 24.3 Å². The van der Waals surface area contributed by atoms with E-state index >= 15 is 0 Å². The minimum atomic E-state index is -0.590. The fraction of sp³-hybridized carbons (Fsp3) is 0.600. The molecule has 0 amide bonds. The fourth-order valence-electron chi connectivity index (χ4n) is 1.71. The molecule has 108 valence electrons. The van der Waals surface area contributed by atoms with Crippen molar-refractivity contribution in [2.45, 2.75) is 38.9 Å². The lowest BCUT2D eigenvalue weighted by atomic mass is 10.1. The highest BCUT2D eigenvalue weighted by Crippen LogP contribution is 2.12. The van der Waals surface area contributed by atoms with Crippen molar-refractivity contribution in [1.29, 1.82) is 0 Å². The third-order valence-electron chi connectivity index (χ3n) is 2.79. The van der Waals surface area contributed by atoms with Crippen LogP contribution in [0, 0.1) is 5.82 Å². The molecule has 0 bridgehead atoms. The van der Waals surface area contributed by atoms with Crippen molar-refractivity contribution in [2.75, 3.05) is 19.7 Å². The van der Waals surface area contributed by atoms with Crippen LogP contribution in [0.3, 0.4) is 0 Å². The van der Waals surface area contributed by atoms with Gasteiger partial charge in [-0.1, -0.05) is 12.1 Å². The van der Waals surface area contributed by atoms with Crippen LogP contribution < -0.4 is 5.32 Å². The summed E-state index contributed by atoms with van der Waals surface area (Å²) >= 11 is 0. The molecular weight excluding hydrogens is 245 g/mol. The predicted molar refractivity (Wildman–Crippen MR) is 74.6 cm³/mol. The zero-order valence-corrected chi connectivity index (χ0v) is 11.7. The monoisotopic (exact) mass is 269 g/mol. The van der Waals surface area contributed by atoms with Crippen molar-refractivity contribution in [3.05, 3.63) is 35.6 Å². The maximum Gasteiger partial charge on any atom is 0.123 e. The van der Waals surface area contributed by atoms with Crippen molar-refractivity contribution in [2.24, 2.45) is 0 Å². The lowest BCUT2D eigenvalue weighted by Gasteiger charge is -2.12. The average molecular weight is 269 g/mol. The van der Waals surface area contributed by atoms with E-state index in [4.69, 9.17) is 4.74 Å². The van der Waals surface area contributed by atoms with Crippen LogP contribution in [0.2, 0.25) is 0 Å². The van der Waals surface area contributed by atoms with Gasteiger partial charge >= 0.3 is 0 Å². The Morgan fingerprint density at radius 3 is 2.53 bits per heavy atom. The molecule has 0 saturated heterocycles. The second kappa shape index (κ2) is 9.02. The third kappa shape index (κ3) is 7.25. The fourth-order valence-corrected chi connectivity index (χ4v) is 1.71. The molecule has 1 atom stereocenters. The lowest BCUT2D eigenvalue weighted by molar-refractivity contribution is 0.0759. The number of unbranched alkanes of at least 4 members (excludes halogenated alkanes) is 1. The van der Waals surface area contributed by atoms with Crippen LogP contribution >= 0.6 is 0 Å². The highest BCUT2D eigenvalue weighted by Gasteiger charge is 2.06. The van der Waals surface area contributed by atoms with Crippen LogP contribution in [-0.4, -0.2) is 30.9 Å². The van der Waals surface area contributed by atoms with E-state index in [9.17, 15) is 9.50 Å². The molecule has 1 rings (SSSR count). The van der Waals surface area contributed by atoms with Crippen molar-refractivity contribution < 1.29 is 14.2 Å². The van der Waals surface area contributed by atoms with Crippen molar-refractivity contribution in [3.63, 3.8) is 0 Å². The number of hydrogen-bond donors (Lipinski definition) is 2. The van der Waals surface area contributed by atoms with Gasteiger partial charge in [-0.2, -0.15) is 0 Å². The summed E-state index contributed by atoms with van der Waals surface area (Å²) in [4.78, 5) is 0. The van der Waals surface area contributed by atoms with E-state index in [1.807, 2.05) is 13.8 Å². The van der Waals surface area contributed by atoms with Gasteiger partial charge in [-0.15, -0.1) is 0 Å². The molecule has 1 aromatic carbocycles. The van der Waals surface area contributed by atoms with Crippen LogP contribution in [0.5, 0.6) is 0 Å². The van der Waals surface area contributed by atoms with Gasteiger partial charge in [0.25, 0.3) is 0 Å². The first kappa shape index (κ1) is 16.1. The normalized spacial score (nSPS) is 12.9. The highest BCUT2D eigenvalue weighted by atomic mass is 19.1. The molecule has 0 heterocycles. The smallest absolute Gasteiger partial charge is 0.123 e. The van der Waals surface area contributed by atoms with Crippen LogP contribution in [0.1, 0.15) is 38.4 Å². The van der Waals surface area contributed by atoms with Gasteiger partial charge in [-0.25, -0.2) is 4.39 Å². The minimum Gasteiger partial charge on any atom is -0.387 e. The molecule has 1 aromatic rings. The second-order valence-electron chi connectivity index (χ2n) is 4.90. The topological polar surface area (TPSA) is 41.5 Å². The quantitative estimate of drug-likeness (QED) is 0.677. The number of halogens is 1. The van der Waals surface area contributed by atoms with E-state index < -0.39 is 6.10 Å². The van der Waals surface area contributed by atoms with E-state index in [2.05, 4.69) is 5.32 Å². The summed E-state index contributed by atoms with van der Waals surface area (Å²) < 4.78 is 18.2. The summed E-state index contributed by atoms with van der Waals surface area (Å²) in [5, 5.41) is 13.1. The lowest BCUT2D eigenvalue weighted by Crippen LogP contribution is -2.22. The number of benzene rings is 1. The number of aliphatic hydroxyl groups is 1. The number of ether oxygens (including phenoxy) is 1. The molecule has 0 aromatic heterocycles. The predicted octanol–water partition coefficient (Wildman–Crippen LogP) is 2.65. The van der Waals surface area contributed by atoms with E-state index in [0.29, 0.717) is 6.54 Å². The molecule has 0 spiro atoms. The van der Waals surface area contributed by atoms with Gasteiger partial charge in [0.1, 0.15) is 5.82 Å². The van der Waals surface area contributed by atoms with Gasteiger partial charge in [-0.05, 0) is 50.9 Å². The highest BCUT2D eigenvalue weighted by molar-refractivity contribution is 5.18. The number of aliphatic hydroxyl groups excluding tert-OH is 1. The average Bonchev–Trinajstić information content (AvgIpc) is 2.38. The van der Waals surface area contributed by atoms with Crippen molar-refractivity contribution in [1.82, 2.24) is 5.32 Å². The minimum absolute atomic E-state index is 0.283. The Kier molecular flexibility index (Phi) is 7.63. The van der Waals surface area contributed by atoms with Gasteiger partial charge in [0.2, 0.25) is 0 Å². The molecule has 0 radical (unpaired) electrons. The van der Waals surface area contributed by atoms with Gasteiger partial charge in [-0.3, -0.25) is 0 Å². The molecule has 0 aliphatic heterocycles. The summed E-state index contributed by atoms with van der Waals surface area (Å²) in [7, 11) is 0. The van der Waals surface area contributed by atoms with E-state index in [0.717, 1.165) is 31.6 Å². The molecule has 3 nitrogen and oxygen atoms in total. The Morgan fingerprint density at radius 2 is 1.89 bits per heavy atom. The summed E-state index contributed by atoms with van der Waals surface area (Å²) in [6.07, 6.45) is 1.72. The van der Waals surface area contributed by atoms with Crippen LogP contribution in [0.4, 0.5) is 4.39 Å². The molecule has 0 saturated carbocycles. The molecule has 0 aliphatic rings. The molecule has 1 unspecified atom stereocenters. The molecule has 19 heavy (non-hydrogen) atoms. The Labute approximate surface area is 114 Å². The molecule has 0 fully saturated rings. The van der Waals surface area contributed by atoms with Crippen molar-refractivity contribution >= 4 is 0 Å². The molecular formula is C15H24FNO2. The SMILES string of the molecule is CC(C)OCCCCNCC(O)c1ccc(F)cc1. The van der Waals surface area contributed by atoms with Crippen LogP contribution in [0.25, 0.3) is 0 Å². The largest absolute Gasteiger partial charge is 0.387 e. The maximum atomic E-state index is 12.7. The summed E-state index contributed by atoms with van der Waals surface area (Å²) in [5.74, 6) is -0.283. The first-order valence-electron chi connectivity index (χ1n) is 6.85. The van der Waals surface area contributed by atoms with Gasteiger partial charge in [0.15, 0.2) is 0 Å². The second-order valence-corrected chi connectivity index (χ2v) is 4.90. The summed E-state index contributed by atoms with van der Waals surface area (Å²) in [5.41, 5.74) is 0.733. The van der Waals surface area contributed by atoms with E-state index in [1.54, 1.807) is 12.1 Å². The summed E-state index contributed by atoms with van der Waals surface area (Å²) in [6, 6.07) is 5.94. The standard InChI is InChI=1S/C15H24FNO2/c1-12(2)19-10-4-3-9-17-11-15(18)13-5-7-14(16)8-6-13/h5-8,12,15,17-18H,3-4,9-11H2,1-2H3. The van der Waals surface area contributed by atoms with Crippen molar-refractivity contribution in [3.8, 4) is 0 Å². The van der Waals surface area contributed by atoms with Gasteiger partial charge in [0, 0.05) is 13.2 Å². The Bertz CT molecular complexity index is 341. The zero-order valence-electron chi connectivity index (χ0n) is 11.7. The van der Waals surface area contributed by atoms with E-state index in [1.165, 1.54) is 12.1 Å². The molecule has 0 aliphatic carbocycles. The maximum absolute atomic E-state index is 12.7. The van der Waals surface area contributed by atoms with Crippen LogP contribution in [-0.2, 0) is 4.74 Å². The number of rotatable bonds is 9. The summed E-state index contributed by atoms with van der Waals surface area (Å²) in [6.45, 7) is 6.16. The molecule has 4 heteroatoms. The third-order valence-corrected chi connectivity index (χ3v) is 2.79. The molecule has 2 N–H and O–H groups in total. The zero-order chi connectivity index (χ0) is 14.1. The Hall–Kier alpha value is -0.970. The Morgan fingerprint density at radius 1 is 1.21 bits per heavy atom. The first-order chi connectivity index (χ1) is 9.09. The first-order valence-corrected chi connectivity index (χ1v) is 6.85. The van der Waals surface area contributed by atoms with E-state index in [-0.39, 0.29) is 11.9 Å². The Balaban J connectivity index is 2.07. The van der Waals surface area contributed by atoms with Gasteiger partial charge in [0.05, 0.1) is 12.2 Å². The number of nitrogens with one attached hydrogen (secondary N) is 1.